The first kappa shape index (κ1) is 16.4. The fraction of sp³-hybridized carbons (Fsp3) is 0.190. The highest BCUT2D eigenvalue weighted by molar-refractivity contribution is 8.03. The second-order valence-electron chi connectivity index (χ2n) is 6.47. The van der Waals surface area contributed by atoms with E-state index in [2.05, 4.69) is 92.0 Å². The Morgan fingerprint density at radius 2 is 1.80 bits per heavy atom. The number of thioether (sulfide) groups is 1. The number of thiazole rings is 1. The van der Waals surface area contributed by atoms with Crippen molar-refractivity contribution in [1.29, 1.82) is 0 Å². The third-order valence-electron chi connectivity index (χ3n) is 4.52. The summed E-state index contributed by atoms with van der Waals surface area (Å²) in [6.07, 6.45) is 6.57. The third-order valence-corrected chi connectivity index (χ3v) is 6.89. The lowest BCUT2D eigenvalue weighted by molar-refractivity contribution is -0.642. The highest BCUT2D eigenvalue weighted by atomic mass is 32.2. The summed E-state index contributed by atoms with van der Waals surface area (Å²) in [7, 11) is 4.28. The number of hydrogen-bond donors (Lipinski definition) is 0. The molecule has 0 radical (unpaired) electrons. The molecule has 1 aliphatic rings. The molecule has 0 fully saturated rings. The number of nitrogens with zero attached hydrogens (tertiary/aromatic N) is 2. The number of allylic oxidation sites excluding steroid dienone is 2. The standard InChI is InChI=1S/C21H21N2S2/c1-14-8-10-18-16(12-14)22(3)20(24-18)6-5-7-21-23(4)17-13-15(2)9-11-19(17)25-21/h5-13H,1-4H3/q+1. The number of aryl methyl sites for hydroxylation is 3. The molecular weight excluding hydrogens is 344 g/mol. The van der Waals surface area contributed by atoms with Crippen LogP contribution in [-0.4, -0.2) is 7.05 Å². The molecule has 4 heteroatoms. The van der Waals surface area contributed by atoms with Crippen LogP contribution in [0.15, 0.2) is 58.5 Å². The Labute approximate surface area is 157 Å². The quantitative estimate of drug-likeness (QED) is 0.558. The van der Waals surface area contributed by atoms with E-state index in [0.29, 0.717) is 0 Å². The molecule has 0 spiro atoms. The molecule has 126 valence electrons. The van der Waals surface area contributed by atoms with Crippen molar-refractivity contribution in [2.45, 2.75) is 18.7 Å². The van der Waals surface area contributed by atoms with Crippen LogP contribution in [0.4, 0.5) is 5.69 Å². The molecule has 3 aromatic rings. The third kappa shape index (κ3) is 3.00. The SMILES string of the molecule is Cc1ccc2c(c1)N(C)/C(=C/C=C/c1sc3ccc(C)cc3[n+]1C)S2. The molecule has 2 heterocycles. The molecule has 0 aliphatic carbocycles. The van der Waals surface area contributed by atoms with E-state index in [9.17, 15) is 0 Å². The topological polar surface area (TPSA) is 7.12 Å². The Morgan fingerprint density at radius 1 is 1.04 bits per heavy atom. The van der Waals surface area contributed by atoms with Gasteiger partial charge < -0.3 is 4.90 Å². The van der Waals surface area contributed by atoms with Crippen LogP contribution in [0.2, 0.25) is 0 Å². The summed E-state index contributed by atoms with van der Waals surface area (Å²) in [5.74, 6) is 0. The molecule has 0 bridgehead atoms. The van der Waals surface area contributed by atoms with Gasteiger partial charge in [0.15, 0.2) is 0 Å². The van der Waals surface area contributed by atoms with E-state index in [1.165, 1.54) is 42.0 Å². The van der Waals surface area contributed by atoms with Gasteiger partial charge in [0.1, 0.15) is 11.7 Å². The first-order valence-corrected chi connectivity index (χ1v) is 9.96. The van der Waals surface area contributed by atoms with Gasteiger partial charge in [-0.25, -0.2) is 0 Å². The fourth-order valence-electron chi connectivity index (χ4n) is 3.06. The van der Waals surface area contributed by atoms with Gasteiger partial charge in [-0.15, -0.1) is 0 Å². The van der Waals surface area contributed by atoms with E-state index in [4.69, 9.17) is 0 Å². The molecule has 1 aromatic heterocycles. The molecule has 0 saturated carbocycles. The summed E-state index contributed by atoms with van der Waals surface area (Å²) in [5, 5.41) is 2.52. The lowest BCUT2D eigenvalue weighted by Gasteiger charge is -2.13. The van der Waals surface area contributed by atoms with Crippen molar-refractivity contribution in [1.82, 2.24) is 0 Å². The van der Waals surface area contributed by atoms with Crippen LogP contribution in [0.3, 0.4) is 0 Å². The zero-order valence-electron chi connectivity index (χ0n) is 14.9. The summed E-state index contributed by atoms with van der Waals surface area (Å²) in [6.45, 7) is 4.28. The molecule has 0 unspecified atom stereocenters. The predicted molar refractivity (Wildman–Crippen MR) is 110 cm³/mol. The van der Waals surface area contributed by atoms with Gasteiger partial charge in [-0.2, -0.15) is 4.57 Å². The summed E-state index contributed by atoms with van der Waals surface area (Å²) in [5.41, 5.74) is 5.20. The minimum atomic E-state index is 1.26. The molecule has 25 heavy (non-hydrogen) atoms. The van der Waals surface area contributed by atoms with Crippen LogP contribution >= 0.6 is 23.1 Å². The van der Waals surface area contributed by atoms with Gasteiger partial charge >= 0.3 is 0 Å². The first-order chi connectivity index (χ1) is 12.0. The Morgan fingerprint density at radius 3 is 2.64 bits per heavy atom. The first-order valence-electron chi connectivity index (χ1n) is 8.33. The summed E-state index contributed by atoms with van der Waals surface area (Å²) < 4.78 is 3.60. The number of aromatic nitrogens is 1. The Hall–Kier alpha value is -2.04. The van der Waals surface area contributed by atoms with Crippen molar-refractivity contribution >= 4 is 45.1 Å². The van der Waals surface area contributed by atoms with Crippen molar-refractivity contribution in [3.63, 3.8) is 0 Å². The lowest BCUT2D eigenvalue weighted by atomic mass is 10.2. The van der Waals surface area contributed by atoms with E-state index in [1.54, 1.807) is 0 Å². The number of hydrogen-bond acceptors (Lipinski definition) is 3. The van der Waals surface area contributed by atoms with Gasteiger partial charge in [-0.1, -0.05) is 41.3 Å². The Bertz CT molecular complexity index is 1030. The normalized spacial score (nSPS) is 15.7. The molecule has 2 nitrogen and oxygen atoms in total. The van der Waals surface area contributed by atoms with Crippen LogP contribution in [-0.2, 0) is 7.05 Å². The van der Waals surface area contributed by atoms with Crippen LogP contribution in [0.5, 0.6) is 0 Å². The maximum absolute atomic E-state index is 2.27. The van der Waals surface area contributed by atoms with Crippen molar-refractivity contribution in [2.24, 2.45) is 7.05 Å². The second-order valence-corrected chi connectivity index (χ2v) is 8.59. The van der Waals surface area contributed by atoms with Crippen molar-refractivity contribution < 1.29 is 4.57 Å². The number of fused-ring (bicyclic) bond motifs is 2. The van der Waals surface area contributed by atoms with Gasteiger partial charge in [0, 0.05) is 24.1 Å². The van der Waals surface area contributed by atoms with E-state index < -0.39 is 0 Å². The lowest BCUT2D eigenvalue weighted by Crippen LogP contribution is -2.28. The summed E-state index contributed by atoms with van der Waals surface area (Å²) >= 11 is 3.66. The smallest absolute Gasteiger partial charge is 0.262 e. The molecule has 1 aliphatic heterocycles. The Balaban J connectivity index is 1.61. The molecule has 4 rings (SSSR count). The fourth-order valence-corrected chi connectivity index (χ4v) is 5.14. The van der Waals surface area contributed by atoms with Crippen LogP contribution in [0.1, 0.15) is 16.1 Å². The minimum absolute atomic E-state index is 1.26. The van der Waals surface area contributed by atoms with E-state index in [-0.39, 0.29) is 0 Å². The summed E-state index contributed by atoms with van der Waals surface area (Å²) in [6, 6.07) is 13.3. The number of rotatable bonds is 2. The van der Waals surface area contributed by atoms with Crippen molar-refractivity contribution in [3.05, 3.63) is 69.7 Å². The highest BCUT2D eigenvalue weighted by Crippen LogP contribution is 2.45. The maximum atomic E-state index is 2.27. The molecule has 0 amide bonds. The minimum Gasteiger partial charge on any atom is -0.338 e. The van der Waals surface area contributed by atoms with Gasteiger partial charge in [0.2, 0.25) is 5.52 Å². The van der Waals surface area contributed by atoms with Crippen LogP contribution < -0.4 is 9.47 Å². The van der Waals surface area contributed by atoms with E-state index in [0.717, 1.165) is 0 Å². The van der Waals surface area contributed by atoms with E-state index >= 15 is 0 Å². The van der Waals surface area contributed by atoms with Crippen molar-refractivity contribution in [3.8, 4) is 0 Å². The van der Waals surface area contributed by atoms with Gasteiger partial charge in [-0.3, -0.25) is 0 Å². The Kier molecular flexibility index (Phi) is 4.18. The van der Waals surface area contributed by atoms with Gasteiger partial charge in [-0.05, 0) is 49.2 Å². The average molecular weight is 366 g/mol. The monoisotopic (exact) mass is 365 g/mol. The number of benzene rings is 2. The molecular formula is C21H21N2S2+. The van der Waals surface area contributed by atoms with Gasteiger partial charge in [0.05, 0.1) is 10.7 Å². The maximum Gasteiger partial charge on any atom is 0.262 e. The van der Waals surface area contributed by atoms with Crippen molar-refractivity contribution in [2.75, 3.05) is 11.9 Å². The zero-order chi connectivity index (χ0) is 17.6. The van der Waals surface area contributed by atoms with Crippen LogP contribution in [0.25, 0.3) is 16.3 Å². The highest BCUT2D eigenvalue weighted by Gasteiger charge is 2.21. The second kappa shape index (κ2) is 6.36. The van der Waals surface area contributed by atoms with Crippen LogP contribution in [0, 0.1) is 13.8 Å². The zero-order valence-corrected chi connectivity index (χ0v) is 16.5. The average Bonchev–Trinajstić information content (AvgIpc) is 3.06. The molecule has 0 N–H and O–H groups in total. The van der Waals surface area contributed by atoms with Gasteiger partial charge in [0.25, 0.3) is 5.01 Å². The predicted octanol–water partition coefficient (Wildman–Crippen LogP) is 5.44. The molecule has 0 atom stereocenters. The molecule has 0 saturated heterocycles. The molecule has 2 aromatic carbocycles. The summed E-state index contributed by atoms with van der Waals surface area (Å²) in [4.78, 5) is 3.60. The number of anilines is 1. The van der Waals surface area contributed by atoms with E-state index in [1.807, 2.05) is 23.1 Å². The largest absolute Gasteiger partial charge is 0.338 e.